The third-order valence-corrected chi connectivity index (χ3v) is 8.21. The molecule has 1 fully saturated rings. The molecule has 0 unspecified atom stereocenters. The number of aryl methyl sites for hydroxylation is 3. The molecule has 3 rings (SSSR count). The molecule has 8 heteroatoms. The van der Waals surface area contributed by atoms with Crippen molar-refractivity contribution in [1.82, 2.24) is 5.09 Å². The van der Waals surface area contributed by atoms with Crippen molar-refractivity contribution in [3.05, 3.63) is 71.3 Å². The van der Waals surface area contributed by atoms with Crippen molar-refractivity contribution in [2.24, 2.45) is 4.99 Å². The van der Waals surface area contributed by atoms with Gasteiger partial charge in [-0.25, -0.2) is 16.7 Å². The van der Waals surface area contributed by atoms with Gasteiger partial charge in [-0.2, -0.15) is 6.42 Å². The van der Waals surface area contributed by atoms with Crippen LogP contribution in [0.15, 0.2) is 47.5 Å². The van der Waals surface area contributed by atoms with E-state index in [1.54, 1.807) is 0 Å². The third-order valence-electron chi connectivity index (χ3n) is 5.20. The first-order chi connectivity index (χ1) is 16.0. The minimum absolute atomic E-state index is 0.638. The van der Waals surface area contributed by atoms with Gasteiger partial charge in [0.05, 0.1) is 25.1 Å². The molecule has 1 aliphatic heterocycles. The predicted octanol–water partition coefficient (Wildman–Crippen LogP) is 9.25. The number of ether oxygens (including phenoxy) is 1. The van der Waals surface area contributed by atoms with Gasteiger partial charge in [0, 0.05) is 12.2 Å². The van der Waals surface area contributed by atoms with Gasteiger partial charge in [0.15, 0.2) is 5.84 Å². The summed E-state index contributed by atoms with van der Waals surface area (Å²) in [6.45, 7) is 18.4. The molecule has 0 spiro atoms. The van der Waals surface area contributed by atoms with E-state index in [-0.39, 0.29) is 0 Å². The standard InChI is InChI=1S/C22H31N2P.C4H7O.3ClH.Cr/c1-15(2)25(16(3)4)24-22(20-13-11-17(5)12-14-20)23-21-18(6)9-8-10-19(21)7;1-2-4-5-3-1;;;;/h8-16H,1-7H3,(H,23,24);3H,1-2,4H2;3*1H;/q;-1;;;;+4/p-2. The number of hydrogen-bond acceptors (Lipinski definition) is 2. The summed E-state index contributed by atoms with van der Waals surface area (Å²) in [7, 11) is 14.0. The fraction of sp³-hybridized carbons (Fsp3) is 0.462. The number of nitrogens with one attached hydrogen (secondary N) is 1. The van der Waals surface area contributed by atoms with Crippen molar-refractivity contribution in [3.63, 3.8) is 0 Å². The SMILES string of the molecule is Cc1ccc(C(=Nc2c(C)cccc2C)N[PH+](C(C)C)C(C)C)cc1.[CH-]1CCCO1.[Cl][Cr+]([Cl])[Cl]. The Morgan fingerprint density at radius 2 is 1.50 bits per heavy atom. The summed E-state index contributed by atoms with van der Waals surface area (Å²) >= 11 is -1.62. The topological polar surface area (TPSA) is 33.6 Å². The van der Waals surface area contributed by atoms with Crippen LogP contribution < -0.4 is 5.09 Å². The Kier molecular flexibility index (Phi) is 16.1. The van der Waals surface area contributed by atoms with E-state index in [0.29, 0.717) is 11.3 Å². The molecule has 1 N–H and O–H groups in total. The average molecular weight is 585 g/mol. The van der Waals surface area contributed by atoms with Crippen LogP contribution in [0.2, 0.25) is 0 Å². The van der Waals surface area contributed by atoms with Crippen LogP contribution in [0.5, 0.6) is 0 Å². The van der Waals surface area contributed by atoms with E-state index in [1.165, 1.54) is 23.1 Å². The van der Waals surface area contributed by atoms with Crippen LogP contribution in [0.4, 0.5) is 5.69 Å². The number of hydrogen-bond donors (Lipinski definition) is 1. The zero-order chi connectivity index (χ0) is 25.7. The molecule has 0 saturated carbocycles. The van der Waals surface area contributed by atoms with E-state index >= 15 is 0 Å². The fourth-order valence-corrected chi connectivity index (χ4v) is 5.86. The van der Waals surface area contributed by atoms with Crippen LogP contribution in [-0.2, 0) is 16.1 Å². The Labute approximate surface area is 225 Å². The molecule has 0 amide bonds. The van der Waals surface area contributed by atoms with Crippen molar-refractivity contribution < 1.29 is 16.1 Å². The van der Waals surface area contributed by atoms with E-state index in [4.69, 9.17) is 39.9 Å². The number of amidine groups is 1. The van der Waals surface area contributed by atoms with Gasteiger partial charge in [0.25, 0.3) is 0 Å². The molecule has 0 aromatic heterocycles. The normalized spacial score (nSPS) is 13.6. The van der Waals surface area contributed by atoms with Crippen LogP contribution in [0, 0.1) is 27.4 Å². The Hall–Kier alpha value is -0.298. The molecule has 190 valence electrons. The van der Waals surface area contributed by atoms with Crippen molar-refractivity contribution in [1.29, 1.82) is 0 Å². The quantitative estimate of drug-likeness (QED) is 0.164. The summed E-state index contributed by atoms with van der Waals surface area (Å²) in [5, 5.41) is 3.84. The molecule has 34 heavy (non-hydrogen) atoms. The van der Waals surface area contributed by atoms with Crippen LogP contribution in [0.25, 0.3) is 0 Å². The number of halogens is 3. The first-order valence-electron chi connectivity index (χ1n) is 11.5. The van der Waals surface area contributed by atoms with Crippen molar-refractivity contribution >= 4 is 49.7 Å². The Morgan fingerprint density at radius 1 is 0.971 bits per heavy atom. The number of aliphatic imine (C=N–C) groups is 1. The Balaban J connectivity index is 0.000000537. The van der Waals surface area contributed by atoms with Gasteiger partial charge in [0.2, 0.25) is 0 Å². The van der Waals surface area contributed by atoms with Crippen molar-refractivity contribution in [2.45, 2.75) is 72.6 Å². The van der Waals surface area contributed by atoms with Crippen molar-refractivity contribution in [3.8, 4) is 0 Å². The monoisotopic (exact) mass is 583 g/mol. The Bertz CT molecular complexity index is 834. The van der Waals surface area contributed by atoms with E-state index in [2.05, 4.69) is 96.0 Å². The summed E-state index contributed by atoms with van der Waals surface area (Å²) < 4.78 is 4.82. The molecule has 1 saturated heterocycles. The molecule has 2 aromatic carbocycles. The predicted molar refractivity (Wildman–Crippen MR) is 152 cm³/mol. The molecule has 2 aromatic rings. The molecular weight excluding hydrogens is 546 g/mol. The molecule has 0 atom stereocenters. The minimum atomic E-state index is -1.62. The summed E-state index contributed by atoms with van der Waals surface area (Å²) in [4.78, 5) is 5.09. The Morgan fingerprint density at radius 3 is 1.88 bits per heavy atom. The van der Waals surface area contributed by atoms with Gasteiger partial charge in [0.1, 0.15) is 0 Å². The number of para-hydroxylation sites is 1. The second-order valence-corrected chi connectivity index (χ2v) is 18.6. The molecule has 0 radical (unpaired) electrons. The average Bonchev–Trinajstić information content (AvgIpc) is 3.33. The first-order valence-corrected chi connectivity index (χ1v) is 18.5. The molecular formula is C26H39Cl3CrN2OP+. The van der Waals surface area contributed by atoms with Crippen LogP contribution in [-0.4, -0.2) is 23.8 Å². The molecule has 0 aliphatic carbocycles. The zero-order valence-corrected chi connectivity index (χ0v) is 25.8. The van der Waals surface area contributed by atoms with Gasteiger partial charge in [-0.3, -0.25) is 0 Å². The summed E-state index contributed by atoms with van der Waals surface area (Å²) in [6, 6.07) is 15.0. The van der Waals surface area contributed by atoms with Gasteiger partial charge in [-0.05, 0) is 59.6 Å². The van der Waals surface area contributed by atoms with E-state index in [1.807, 2.05) is 6.61 Å². The van der Waals surface area contributed by atoms with Crippen LogP contribution >= 0.6 is 38.2 Å². The number of nitrogens with zero attached hydrogens (tertiary/aromatic N) is 1. The second-order valence-electron chi connectivity index (χ2n) is 8.81. The molecule has 1 aliphatic rings. The van der Waals surface area contributed by atoms with Gasteiger partial charge in [-0.15, -0.1) is 0 Å². The number of benzene rings is 2. The molecule has 0 bridgehead atoms. The van der Waals surface area contributed by atoms with E-state index in [9.17, 15) is 0 Å². The summed E-state index contributed by atoms with van der Waals surface area (Å²) in [6.07, 6.45) is 2.38. The van der Waals surface area contributed by atoms with E-state index in [0.717, 1.165) is 30.1 Å². The zero-order valence-electron chi connectivity index (χ0n) is 21.3. The summed E-state index contributed by atoms with van der Waals surface area (Å²) in [5.74, 6) is 1.01. The first kappa shape index (κ1) is 31.7. The maximum atomic E-state index is 5.09. The summed E-state index contributed by atoms with van der Waals surface area (Å²) in [5.41, 5.74) is 7.23. The molecule has 1 heterocycles. The van der Waals surface area contributed by atoms with Gasteiger partial charge < -0.3 is 4.74 Å². The van der Waals surface area contributed by atoms with E-state index < -0.39 is 19.5 Å². The van der Waals surface area contributed by atoms with Crippen molar-refractivity contribution in [2.75, 3.05) is 6.61 Å². The maximum absolute atomic E-state index is 5.09. The molecule has 3 nitrogen and oxygen atoms in total. The van der Waals surface area contributed by atoms with Gasteiger partial charge in [-0.1, -0.05) is 54.4 Å². The van der Waals surface area contributed by atoms with Crippen LogP contribution in [0.3, 0.4) is 0 Å². The second kappa shape index (κ2) is 17.2. The van der Waals surface area contributed by atoms with Crippen LogP contribution in [0.1, 0.15) is 62.8 Å². The number of rotatable bonds is 5. The fourth-order valence-electron chi connectivity index (χ4n) is 3.48. The third kappa shape index (κ3) is 12.6. The van der Waals surface area contributed by atoms with Gasteiger partial charge >= 0.3 is 41.5 Å².